The molecule has 2 atom stereocenters. The van der Waals surface area contributed by atoms with Gasteiger partial charge in [0.05, 0.1) is 18.9 Å². The van der Waals surface area contributed by atoms with Crippen molar-refractivity contribution in [2.75, 3.05) is 0 Å². The summed E-state index contributed by atoms with van der Waals surface area (Å²) in [5.74, 6) is -4.00. The van der Waals surface area contributed by atoms with Crippen molar-refractivity contribution in [1.82, 2.24) is 5.32 Å². The van der Waals surface area contributed by atoms with Crippen molar-refractivity contribution in [1.29, 1.82) is 0 Å². The van der Waals surface area contributed by atoms with E-state index in [2.05, 4.69) is 0 Å². The number of aliphatic carboxylic acids is 1. The lowest BCUT2D eigenvalue weighted by Crippen LogP contribution is -2.50. The second-order valence-electron chi connectivity index (χ2n) is 3.35. The predicted molar refractivity (Wildman–Crippen MR) is 55.2 cm³/mol. The van der Waals surface area contributed by atoms with Crippen LogP contribution in [-0.2, 0) is 19.2 Å². The normalized spacial score (nSPS) is 13.5. The number of nitrogens with two attached hydrogens (primary N) is 3. The summed E-state index contributed by atoms with van der Waals surface area (Å²) in [6.45, 7) is 0. The van der Waals surface area contributed by atoms with Crippen LogP contribution in [0.25, 0.3) is 0 Å². The SMILES string of the molecule is NC(=O)CC(N)C(=O)N[C@@H](CC(N)=O)C(=O)O. The van der Waals surface area contributed by atoms with Crippen LogP contribution in [0.5, 0.6) is 0 Å². The molecular weight excluding hydrogens is 232 g/mol. The van der Waals surface area contributed by atoms with Gasteiger partial charge in [0.2, 0.25) is 17.7 Å². The minimum absolute atomic E-state index is 0.422. The van der Waals surface area contributed by atoms with E-state index in [0.29, 0.717) is 0 Å². The molecule has 0 fully saturated rings. The van der Waals surface area contributed by atoms with Gasteiger partial charge in [0, 0.05) is 0 Å². The van der Waals surface area contributed by atoms with Gasteiger partial charge in [-0.15, -0.1) is 0 Å². The number of carbonyl (C=O) groups excluding carboxylic acids is 3. The van der Waals surface area contributed by atoms with E-state index >= 15 is 0 Å². The van der Waals surface area contributed by atoms with Gasteiger partial charge in [0.1, 0.15) is 6.04 Å². The van der Waals surface area contributed by atoms with Crippen LogP contribution in [0, 0.1) is 0 Å². The summed E-state index contributed by atoms with van der Waals surface area (Å²) in [5, 5.41) is 10.7. The zero-order valence-corrected chi connectivity index (χ0v) is 8.88. The second-order valence-corrected chi connectivity index (χ2v) is 3.35. The van der Waals surface area contributed by atoms with E-state index < -0.39 is 48.6 Å². The number of amides is 3. The molecule has 96 valence electrons. The third-order valence-electron chi connectivity index (χ3n) is 1.78. The molecule has 9 nitrogen and oxygen atoms in total. The van der Waals surface area contributed by atoms with Crippen LogP contribution in [0.15, 0.2) is 0 Å². The monoisotopic (exact) mass is 246 g/mol. The Hall–Kier alpha value is -2.16. The first-order chi connectivity index (χ1) is 7.73. The van der Waals surface area contributed by atoms with Crippen molar-refractivity contribution in [3.05, 3.63) is 0 Å². The molecule has 0 aliphatic carbocycles. The van der Waals surface area contributed by atoms with Gasteiger partial charge >= 0.3 is 5.97 Å². The molecule has 0 aliphatic heterocycles. The van der Waals surface area contributed by atoms with Gasteiger partial charge in [-0.3, -0.25) is 14.4 Å². The van der Waals surface area contributed by atoms with Crippen molar-refractivity contribution < 1.29 is 24.3 Å². The van der Waals surface area contributed by atoms with E-state index in [1.165, 1.54) is 0 Å². The number of carbonyl (C=O) groups is 4. The summed E-state index contributed by atoms with van der Waals surface area (Å²) in [6, 6.07) is -2.74. The highest BCUT2D eigenvalue weighted by atomic mass is 16.4. The van der Waals surface area contributed by atoms with Crippen LogP contribution in [-0.4, -0.2) is 40.9 Å². The molecule has 3 amide bonds. The Bertz CT molecular complexity index is 343. The molecular formula is C8H14N4O5. The molecule has 0 rings (SSSR count). The van der Waals surface area contributed by atoms with E-state index in [9.17, 15) is 19.2 Å². The van der Waals surface area contributed by atoms with E-state index in [1.54, 1.807) is 0 Å². The van der Waals surface area contributed by atoms with E-state index in [-0.39, 0.29) is 0 Å². The van der Waals surface area contributed by atoms with Gasteiger partial charge in [0.15, 0.2) is 0 Å². The minimum Gasteiger partial charge on any atom is -0.480 e. The highest BCUT2D eigenvalue weighted by Gasteiger charge is 2.25. The highest BCUT2D eigenvalue weighted by molar-refractivity contribution is 5.92. The Labute approximate surface area is 96.3 Å². The maximum absolute atomic E-state index is 11.3. The fraction of sp³-hybridized carbons (Fsp3) is 0.500. The van der Waals surface area contributed by atoms with Gasteiger partial charge in [-0.2, -0.15) is 0 Å². The Morgan fingerprint density at radius 2 is 1.53 bits per heavy atom. The number of carboxylic acids is 1. The minimum atomic E-state index is -1.47. The lowest BCUT2D eigenvalue weighted by Gasteiger charge is -2.15. The molecule has 0 saturated heterocycles. The summed E-state index contributed by atoms with van der Waals surface area (Å²) in [4.78, 5) is 43.0. The number of carboxylic acid groups (broad SMARTS) is 1. The molecule has 0 aromatic heterocycles. The van der Waals surface area contributed by atoms with Crippen LogP contribution in [0.4, 0.5) is 0 Å². The van der Waals surface area contributed by atoms with Crippen LogP contribution in [0.1, 0.15) is 12.8 Å². The summed E-state index contributed by atoms with van der Waals surface area (Å²) < 4.78 is 0. The quantitative estimate of drug-likeness (QED) is 0.313. The maximum Gasteiger partial charge on any atom is 0.326 e. The van der Waals surface area contributed by atoms with Crippen LogP contribution in [0.3, 0.4) is 0 Å². The van der Waals surface area contributed by atoms with Gasteiger partial charge in [-0.1, -0.05) is 0 Å². The van der Waals surface area contributed by atoms with Crippen molar-refractivity contribution in [3.8, 4) is 0 Å². The average molecular weight is 246 g/mol. The van der Waals surface area contributed by atoms with E-state index in [0.717, 1.165) is 0 Å². The summed E-state index contributed by atoms with van der Waals surface area (Å²) in [5.41, 5.74) is 14.9. The second kappa shape index (κ2) is 6.43. The molecule has 0 bridgehead atoms. The van der Waals surface area contributed by atoms with Gasteiger partial charge < -0.3 is 27.6 Å². The molecule has 0 aromatic carbocycles. The molecule has 8 N–H and O–H groups in total. The standard InChI is InChI=1S/C8H14N4O5/c9-3(1-5(10)13)7(15)12-4(8(16)17)2-6(11)14/h3-4H,1-2,9H2,(H2,10,13)(H2,11,14)(H,12,15)(H,16,17)/t3?,4-/m0/s1. The van der Waals surface area contributed by atoms with Gasteiger partial charge in [0.25, 0.3) is 0 Å². The summed E-state index contributed by atoms with van der Waals surface area (Å²) >= 11 is 0. The Balaban J connectivity index is 4.44. The fourth-order valence-electron chi connectivity index (χ4n) is 0.989. The highest BCUT2D eigenvalue weighted by Crippen LogP contribution is 1.95. The summed E-state index contributed by atoms with van der Waals surface area (Å²) in [7, 11) is 0. The van der Waals surface area contributed by atoms with Crippen molar-refractivity contribution in [3.63, 3.8) is 0 Å². The molecule has 0 saturated carbocycles. The van der Waals surface area contributed by atoms with Crippen molar-refractivity contribution in [2.24, 2.45) is 17.2 Å². The van der Waals surface area contributed by atoms with Crippen LogP contribution in [0.2, 0.25) is 0 Å². The third-order valence-corrected chi connectivity index (χ3v) is 1.78. The lowest BCUT2D eigenvalue weighted by atomic mass is 10.1. The third kappa shape index (κ3) is 6.10. The molecule has 0 radical (unpaired) electrons. The van der Waals surface area contributed by atoms with Gasteiger partial charge in [-0.25, -0.2) is 4.79 Å². The van der Waals surface area contributed by atoms with E-state index in [4.69, 9.17) is 22.3 Å². The molecule has 0 spiro atoms. The largest absolute Gasteiger partial charge is 0.480 e. The van der Waals surface area contributed by atoms with E-state index in [1.807, 2.05) is 5.32 Å². The Morgan fingerprint density at radius 3 is 1.88 bits per heavy atom. The molecule has 1 unspecified atom stereocenters. The number of rotatable bonds is 7. The predicted octanol–water partition coefficient (Wildman–Crippen LogP) is -3.37. The smallest absolute Gasteiger partial charge is 0.326 e. The molecule has 9 heteroatoms. The number of hydrogen-bond acceptors (Lipinski definition) is 5. The van der Waals surface area contributed by atoms with Crippen molar-refractivity contribution in [2.45, 2.75) is 24.9 Å². The van der Waals surface area contributed by atoms with Crippen LogP contribution >= 0.6 is 0 Å². The molecule has 17 heavy (non-hydrogen) atoms. The first-order valence-corrected chi connectivity index (χ1v) is 4.59. The lowest BCUT2D eigenvalue weighted by molar-refractivity contribution is -0.143. The molecule has 0 heterocycles. The van der Waals surface area contributed by atoms with Crippen LogP contribution < -0.4 is 22.5 Å². The average Bonchev–Trinajstić information content (AvgIpc) is 2.14. The Kier molecular flexibility index (Phi) is 5.61. The Morgan fingerprint density at radius 1 is 1.06 bits per heavy atom. The number of hydrogen-bond donors (Lipinski definition) is 5. The zero-order valence-electron chi connectivity index (χ0n) is 8.88. The first kappa shape index (κ1) is 14.8. The topological polar surface area (TPSA) is 179 Å². The molecule has 0 aliphatic rings. The van der Waals surface area contributed by atoms with Crippen molar-refractivity contribution >= 4 is 23.7 Å². The fourth-order valence-corrected chi connectivity index (χ4v) is 0.989. The first-order valence-electron chi connectivity index (χ1n) is 4.59. The van der Waals surface area contributed by atoms with Gasteiger partial charge in [-0.05, 0) is 0 Å². The maximum atomic E-state index is 11.3. The number of primary amides is 2. The summed E-state index contributed by atoms with van der Waals surface area (Å²) in [6.07, 6.45) is -0.987. The molecule has 0 aromatic rings. The number of nitrogens with one attached hydrogen (secondary N) is 1. The zero-order chi connectivity index (χ0) is 13.6.